The minimum absolute atomic E-state index is 0.142. The second-order valence-corrected chi connectivity index (χ2v) is 12.8. The smallest absolute Gasteiger partial charge is 0.336 e. The quantitative estimate of drug-likeness (QED) is 0.162. The highest BCUT2D eigenvalue weighted by Crippen LogP contribution is 2.33. The number of unbranched alkanes of at least 4 members (excludes halogenated alkanes) is 5. The molecule has 4 heterocycles. The van der Waals surface area contributed by atoms with Gasteiger partial charge in [0.15, 0.2) is 16.9 Å². The van der Waals surface area contributed by atoms with Crippen LogP contribution in [0.15, 0.2) is 68.9 Å². The van der Waals surface area contributed by atoms with E-state index in [4.69, 9.17) is 13.4 Å². The van der Waals surface area contributed by atoms with E-state index in [-0.39, 0.29) is 17.1 Å². The molecule has 13 heteroatoms. The lowest BCUT2D eigenvalue weighted by Gasteiger charge is -2.32. The van der Waals surface area contributed by atoms with Crippen LogP contribution in [0.25, 0.3) is 32.9 Å². The molecule has 6 rings (SSSR count). The molecule has 1 aliphatic heterocycles. The van der Waals surface area contributed by atoms with Crippen LogP contribution in [0.3, 0.4) is 0 Å². The van der Waals surface area contributed by atoms with Crippen LogP contribution in [0, 0.1) is 11.7 Å². The molecule has 1 aliphatic rings. The Labute approximate surface area is 278 Å². The van der Waals surface area contributed by atoms with Gasteiger partial charge < -0.3 is 23.4 Å². The molecule has 2 aromatic carbocycles. The summed E-state index contributed by atoms with van der Waals surface area (Å²) in [4.78, 5) is 67.6. The van der Waals surface area contributed by atoms with E-state index in [9.17, 15) is 33.5 Å². The molecule has 1 unspecified atom stereocenters. The van der Waals surface area contributed by atoms with E-state index in [2.05, 4.69) is 17.0 Å². The number of phenols is 1. The maximum absolute atomic E-state index is 14.0. The van der Waals surface area contributed by atoms with Gasteiger partial charge in [-0.1, -0.05) is 50.6 Å². The van der Waals surface area contributed by atoms with Crippen LogP contribution in [0.1, 0.15) is 87.5 Å². The standard InChI is InChI=1S/C36H38FN3O9/c1-2-3-4-5-6-7-8-22(15-18-39-16-13-21(14-17-39)31-24-10-9-23(37)19-26(24)49-38-31)34(44)40-35(45)25-20-27-33(32(43)30(25)36(40)46)48-29(42)12-11-28(41)47-27/h9-12,19-22,43H,2-8,13-18H2,1H3. The van der Waals surface area contributed by atoms with Crippen LogP contribution < -0.4 is 22.4 Å². The lowest BCUT2D eigenvalue weighted by atomic mass is 9.90. The molecule has 258 valence electrons. The third-order valence-corrected chi connectivity index (χ3v) is 9.55. The van der Waals surface area contributed by atoms with Gasteiger partial charge in [0.1, 0.15) is 5.82 Å². The lowest BCUT2D eigenvalue weighted by Crippen LogP contribution is -2.39. The van der Waals surface area contributed by atoms with Gasteiger partial charge in [0.2, 0.25) is 11.5 Å². The molecule has 1 saturated heterocycles. The summed E-state index contributed by atoms with van der Waals surface area (Å²) >= 11 is 0. The number of likely N-dealkylation sites (tertiary alicyclic amines) is 1. The monoisotopic (exact) mass is 675 g/mol. The van der Waals surface area contributed by atoms with Gasteiger partial charge in [-0.2, -0.15) is 0 Å². The highest BCUT2D eigenvalue weighted by Gasteiger charge is 2.30. The zero-order valence-electron chi connectivity index (χ0n) is 27.2. The summed E-state index contributed by atoms with van der Waals surface area (Å²) in [7, 11) is 0. The molecule has 0 amide bonds. The van der Waals surface area contributed by atoms with Crippen molar-refractivity contribution in [2.75, 3.05) is 19.6 Å². The SMILES string of the molecule is CCCCCCCCC(CCN1CCC(c2noc3cc(F)ccc23)CC1)C(=O)n1c(=O)c2cc3oc(=O)ccc(=O)oc3c(O)c2c1=O. The van der Waals surface area contributed by atoms with Crippen molar-refractivity contribution in [2.24, 2.45) is 5.92 Å². The molecular weight excluding hydrogens is 637 g/mol. The Bertz CT molecular complexity index is 2250. The number of phenolic OH excluding ortho intramolecular Hbond substituents is 1. The average molecular weight is 676 g/mol. The first-order valence-electron chi connectivity index (χ1n) is 16.9. The summed E-state index contributed by atoms with van der Waals surface area (Å²) < 4.78 is 29.7. The van der Waals surface area contributed by atoms with Gasteiger partial charge in [-0.15, -0.1) is 0 Å². The third kappa shape index (κ3) is 7.12. The van der Waals surface area contributed by atoms with Crippen LogP contribution in [0.4, 0.5) is 4.39 Å². The second-order valence-electron chi connectivity index (χ2n) is 12.8. The fourth-order valence-electron chi connectivity index (χ4n) is 6.86. The minimum Gasteiger partial charge on any atom is -0.504 e. The van der Waals surface area contributed by atoms with Crippen molar-refractivity contribution >= 4 is 38.8 Å². The molecular formula is C36H38FN3O9. The molecule has 12 nitrogen and oxygen atoms in total. The molecule has 1 N–H and O–H groups in total. The molecule has 0 radical (unpaired) electrons. The van der Waals surface area contributed by atoms with Gasteiger partial charge in [-0.05, 0) is 63.5 Å². The first-order chi connectivity index (χ1) is 23.7. The predicted octanol–water partition coefficient (Wildman–Crippen LogP) is 5.68. The topological polar surface area (TPSA) is 166 Å². The average Bonchev–Trinajstić information content (AvgIpc) is 3.61. The number of aromatic hydroxyl groups is 1. The zero-order chi connectivity index (χ0) is 34.7. The molecule has 0 saturated carbocycles. The Morgan fingerprint density at radius 2 is 1.61 bits per heavy atom. The Balaban J connectivity index is 1.23. The Hall–Kier alpha value is -4.91. The van der Waals surface area contributed by atoms with E-state index in [1.165, 1.54) is 12.1 Å². The van der Waals surface area contributed by atoms with Crippen molar-refractivity contribution in [3.8, 4) is 5.75 Å². The second kappa shape index (κ2) is 14.7. The van der Waals surface area contributed by atoms with Crippen LogP contribution in [-0.2, 0) is 0 Å². The van der Waals surface area contributed by atoms with Gasteiger partial charge in [0, 0.05) is 35.4 Å². The first-order valence-corrected chi connectivity index (χ1v) is 16.9. The van der Waals surface area contributed by atoms with Crippen LogP contribution >= 0.6 is 0 Å². The van der Waals surface area contributed by atoms with E-state index in [1.54, 1.807) is 6.07 Å². The van der Waals surface area contributed by atoms with Gasteiger partial charge in [-0.25, -0.2) is 18.5 Å². The van der Waals surface area contributed by atoms with E-state index in [0.29, 0.717) is 29.5 Å². The summed E-state index contributed by atoms with van der Waals surface area (Å²) in [5.41, 5.74) is -3.70. The van der Waals surface area contributed by atoms with Gasteiger partial charge in [-0.3, -0.25) is 14.4 Å². The molecule has 5 aromatic rings. The number of piperidine rings is 1. The summed E-state index contributed by atoms with van der Waals surface area (Å²) in [5.74, 6) is -2.42. The number of hydrogen-bond donors (Lipinski definition) is 1. The first kappa shape index (κ1) is 34.0. The molecule has 1 atom stereocenters. The number of hydrogen-bond acceptors (Lipinski definition) is 11. The van der Waals surface area contributed by atoms with Gasteiger partial charge in [0.05, 0.1) is 16.5 Å². The third-order valence-electron chi connectivity index (χ3n) is 9.55. The van der Waals surface area contributed by atoms with Crippen molar-refractivity contribution < 1.29 is 27.6 Å². The van der Waals surface area contributed by atoms with Crippen LogP contribution in [0.2, 0.25) is 0 Å². The molecule has 1 fully saturated rings. The van der Waals surface area contributed by atoms with Crippen LogP contribution in [0.5, 0.6) is 5.75 Å². The summed E-state index contributed by atoms with van der Waals surface area (Å²) in [6, 6.07) is 7.07. The molecule has 0 aliphatic carbocycles. The highest BCUT2D eigenvalue weighted by atomic mass is 19.1. The van der Waals surface area contributed by atoms with Crippen molar-refractivity contribution in [1.82, 2.24) is 14.6 Å². The summed E-state index contributed by atoms with van der Waals surface area (Å²) in [5, 5.41) is 15.1. The van der Waals surface area contributed by atoms with Crippen molar-refractivity contribution in [2.45, 2.75) is 77.0 Å². The van der Waals surface area contributed by atoms with E-state index >= 15 is 0 Å². The largest absolute Gasteiger partial charge is 0.504 e. The van der Waals surface area contributed by atoms with Crippen LogP contribution in [-0.4, -0.2) is 45.3 Å². The van der Waals surface area contributed by atoms with Gasteiger partial charge in [0.25, 0.3) is 11.1 Å². The number of nitrogens with zero attached hydrogens (tertiary/aromatic N) is 3. The number of fused-ring (bicyclic) bond motifs is 3. The highest BCUT2D eigenvalue weighted by molar-refractivity contribution is 6.02. The maximum atomic E-state index is 14.0. The molecule has 0 bridgehead atoms. The Kier molecular flexibility index (Phi) is 10.2. The normalized spacial score (nSPS) is 15.0. The molecule has 3 aromatic heterocycles. The minimum atomic E-state index is -1.03. The summed E-state index contributed by atoms with van der Waals surface area (Å²) in [6.07, 6.45) is 8.45. The molecule has 0 spiro atoms. The summed E-state index contributed by atoms with van der Waals surface area (Å²) in [6.45, 7) is 4.16. The number of aromatic nitrogens is 2. The molecule has 49 heavy (non-hydrogen) atoms. The number of carbonyl (C=O) groups is 1. The number of rotatable bonds is 12. The van der Waals surface area contributed by atoms with E-state index in [0.717, 1.165) is 93.7 Å². The predicted molar refractivity (Wildman–Crippen MR) is 180 cm³/mol. The number of carbonyl (C=O) groups excluding carboxylic acids is 1. The Morgan fingerprint density at radius 1 is 0.898 bits per heavy atom. The number of benzene rings is 2. The van der Waals surface area contributed by atoms with Crippen molar-refractivity contribution in [3.63, 3.8) is 0 Å². The Morgan fingerprint density at radius 3 is 2.37 bits per heavy atom. The van der Waals surface area contributed by atoms with Crippen molar-refractivity contribution in [3.05, 3.63) is 89.5 Å². The number of halogens is 1. The lowest BCUT2D eigenvalue weighted by molar-refractivity contribution is 0.0793. The van der Waals surface area contributed by atoms with E-state index < -0.39 is 56.5 Å². The zero-order valence-corrected chi connectivity index (χ0v) is 27.2. The van der Waals surface area contributed by atoms with Gasteiger partial charge >= 0.3 is 11.3 Å². The van der Waals surface area contributed by atoms with E-state index in [1.807, 2.05) is 0 Å². The van der Waals surface area contributed by atoms with Crippen molar-refractivity contribution in [1.29, 1.82) is 0 Å². The maximum Gasteiger partial charge on any atom is 0.336 e. The fraction of sp³-hybridized carbons (Fsp3) is 0.444. The fourth-order valence-corrected chi connectivity index (χ4v) is 6.86.